The molecule has 1 aromatic carbocycles. The van der Waals surface area contributed by atoms with Gasteiger partial charge in [0.1, 0.15) is 12.1 Å². The van der Waals surface area contributed by atoms with Crippen LogP contribution in [-0.4, -0.2) is 19.9 Å². The third kappa shape index (κ3) is 4.07. The van der Waals surface area contributed by atoms with Crippen molar-refractivity contribution in [1.82, 2.24) is 15.0 Å². The van der Waals surface area contributed by atoms with E-state index in [0.29, 0.717) is 11.5 Å². The molecule has 126 valence electrons. The Morgan fingerprint density at radius 1 is 1.00 bits per heavy atom. The topological polar surface area (TPSA) is 106 Å². The lowest BCUT2D eigenvalue weighted by Gasteiger charge is -2.10. The van der Waals surface area contributed by atoms with Crippen molar-refractivity contribution in [3.05, 3.63) is 69.1 Å². The molecule has 0 fully saturated rings. The summed E-state index contributed by atoms with van der Waals surface area (Å²) in [6.07, 6.45) is 2.84. The number of halogens is 1. The molecule has 0 unspecified atom stereocenters. The lowest BCUT2D eigenvalue weighted by Crippen LogP contribution is -2.06. The van der Waals surface area contributed by atoms with Crippen LogP contribution in [0.3, 0.4) is 0 Å². The molecule has 9 heteroatoms. The molecule has 0 radical (unpaired) electrons. The molecule has 2 N–H and O–H groups in total. The van der Waals surface area contributed by atoms with Gasteiger partial charge >= 0.3 is 5.69 Å². The van der Waals surface area contributed by atoms with Crippen molar-refractivity contribution in [2.75, 3.05) is 10.6 Å². The van der Waals surface area contributed by atoms with E-state index in [1.54, 1.807) is 18.3 Å². The lowest BCUT2D eigenvalue weighted by molar-refractivity contribution is -0.383. The molecule has 0 atom stereocenters. The van der Waals surface area contributed by atoms with Crippen LogP contribution in [-0.2, 0) is 0 Å². The van der Waals surface area contributed by atoms with E-state index < -0.39 is 4.92 Å². The number of anilines is 4. The van der Waals surface area contributed by atoms with Crippen LogP contribution in [0.15, 0.2) is 53.4 Å². The van der Waals surface area contributed by atoms with E-state index in [-0.39, 0.29) is 17.3 Å². The molecule has 2 aromatic heterocycles. The minimum atomic E-state index is -0.530. The molecule has 0 saturated carbocycles. The maximum absolute atomic E-state index is 11.5. The third-order valence-corrected chi connectivity index (χ3v) is 3.76. The van der Waals surface area contributed by atoms with Gasteiger partial charge in [0.05, 0.1) is 4.92 Å². The number of aryl methyl sites for hydroxylation is 1. The number of nitro groups is 1. The standard InChI is InChI=1S/C16H13BrN6O2/c1-10-2-5-12(6-3-10)21-15-14(23(24)25)16(20-9-19-15)22-13-7-4-11(17)8-18-13/h2-9H,1H3,(H2,18,19,20,21,22). The van der Waals surface area contributed by atoms with Crippen LogP contribution in [0.1, 0.15) is 5.56 Å². The third-order valence-electron chi connectivity index (χ3n) is 3.29. The highest BCUT2D eigenvalue weighted by atomic mass is 79.9. The average Bonchev–Trinajstić information content (AvgIpc) is 2.59. The Morgan fingerprint density at radius 3 is 2.28 bits per heavy atom. The summed E-state index contributed by atoms with van der Waals surface area (Å²) >= 11 is 3.29. The highest BCUT2D eigenvalue weighted by Gasteiger charge is 2.23. The van der Waals surface area contributed by atoms with Crippen LogP contribution in [0, 0.1) is 17.0 Å². The maximum atomic E-state index is 11.5. The zero-order valence-corrected chi connectivity index (χ0v) is 14.7. The predicted octanol–water partition coefficient (Wildman–Crippen LogP) is 4.34. The Morgan fingerprint density at radius 2 is 1.68 bits per heavy atom. The highest BCUT2D eigenvalue weighted by molar-refractivity contribution is 9.10. The molecule has 8 nitrogen and oxygen atoms in total. The van der Waals surface area contributed by atoms with E-state index in [1.807, 2.05) is 31.2 Å². The quantitative estimate of drug-likeness (QED) is 0.484. The van der Waals surface area contributed by atoms with E-state index in [1.165, 1.54) is 6.33 Å². The summed E-state index contributed by atoms with van der Waals surface area (Å²) in [5.74, 6) is 0.596. The Hall–Kier alpha value is -3.07. The minimum Gasteiger partial charge on any atom is -0.334 e. The molecule has 0 spiro atoms. The Labute approximate surface area is 151 Å². The fourth-order valence-corrected chi connectivity index (χ4v) is 2.31. The second kappa shape index (κ2) is 7.22. The first-order chi connectivity index (χ1) is 12.0. The first-order valence-electron chi connectivity index (χ1n) is 7.24. The molecule has 3 rings (SSSR count). The number of hydrogen-bond donors (Lipinski definition) is 2. The van der Waals surface area contributed by atoms with Gasteiger partial charge in [-0.2, -0.15) is 0 Å². The molecular formula is C16H13BrN6O2. The van der Waals surface area contributed by atoms with Crippen LogP contribution in [0.5, 0.6) is 0 Å². The molecule has 25 heavy (non-hydrogen) atoms. The van der Waals surface area contributed by atoms with Gasteiger partial charge in [0, 0.05) is 16.4 Å². The van der Waals surface area contributed by atoms with Crippen molar-refractivity contribution < 1.29 is 4.92 Å². The number of nitrogens with zero attached hydrogens (tertiary/aromatic N) is 4. The number of hydrogen-bond acceptors (Lipinski definition) is 7. The number of aromatic nitrogens is 3. The van der Waals surface area contributed by atoms with Gasteiger partial charge in [-0.1, -0.05) is 17.7 Å². The largest absolute Gasteiger partial charge is 0.353 e. The maximum Gasteiger partial charge on any atom is 0.353 e. The van der Waals surface area contributed by atoms with E-state index in [4.69, 9.17) is 0 Å². The zero-order valence-electron chi connectivity index (χ0n) is 13.1. The van der Waals surface area contributed by atoms with Gasteiger partial charge in [-0.15, -0.1) is 0 Å². The minimum absolute atomic E-state index is 0.0597. The first kappa shape index (κ1) is 16.8. The summed E-state index contributed by atoms with van der Waals surface area (Å²) in [7, 11) is 0. The van der Waals surface area contributed by atoms with Gasteiger partial charge in [0.2, 0.25) is 11.6 Å². The van der Waals surface area contributed by atoms with Crippen molar-refractivity contribution in [2.45, 2.75) is 6.92 Å². The van der Waals surface area contributed by atoms with Gasteiger partial charge in [-0.3, -0.25) is 10.1 Å². The Kier molecular flexibility index (Phi) is 4.85. The number of rotatable bonds is 5. The van der Waals surface area contributed by atoms with Crippen LogP contribution in [0.4, 0.5) is 28.8 Å². The number of nitrogens with one attached hydrogen (secondary N) is 2. The molecule has 0 aliphatic carbocycles. The van der Waals surface area contributed by atoms with Crippen molar-refractivity contribution in [2.24, 2.45) is 0 Å². The Bertz CT molecular complexity index is 834. The fraction of sp³-hybridized carbons (Fsp3) is 0.0625. The van der Waals surface area contributed by atoms with E-state index >= 15 is 0 Å². The SMILES string of the molecule is Cc1ccc(Nc2ncnc(Nc3ccc(Br)cn3)c2[N+](=O)[O-])cc1. The van der Waals surface area contributed by atoms with Crippen molar-refractivity contribution in [3.63, 3.8) is 0 Å². The van der Waals surface area contributed by atoms with Gasteiger partial charge in [-0.05, 0) is 47.1 Å². The summed E-state index contributed by atoms with van der Waals surface area (Å²) in [6, 6.07) is 10.9. The molecular weight excluding hydrogens is 388 g/mol. The molecule has 3 aromatic rings. The van der Waals surface area contributed by atoms with Gasteiger partial charge in [0.15, 0.2) is 0 Å². The normalized spacial score (nSPS) is 10.3. The van der Waals surface area contributed by atoms with Crippen molar-refractivity contribution >= 4 is 44.8 Å². The first-order valence-corrected chi connectivity index (χ1v) is 8.04. The van der Waals surface area contributed by atoms with Crippen LogP contribution in [0.25, 0.3) is 0 Å². The number of pyridine rings is 1. The average molecular weight is 401 g/mol. The summed E-state index contributed by atoms with van der Waals surface area (Å²) < 4.78 is 0.803. The smallest absolute Gasteiger partial charge is 0.334 e. The second-order valence-electron chi connectivity index (χ2n) is 5.15. The van der Waals surface area contributed by atoms with Crippen LogP contribution < -0.4 is 10.6 Å². The zero-order chi connectivity index (χ0) is 17.8. The molecule has 0 aliphatic rings. The molecule has 0 aliphatic heterocycles. The van der Waals surface area contributed by atoms with E-state index in [0.717, 1.165) is 10.0 Å². The van der Waals surface area contributed by atoms with Crippen LogP contribution in [0.2, 0.25) is 0 Å². The van der Waals surface area contributed by atoms with Crippen molar-refractivity contribution in [3.8, 4) is 0 Å². The van der Waals surface area contributed by atoms with Crippen molar-refractivity contribution in [1.29, 1.82) is 0 Å². The summed E-state index contributed by atoms with van der Waals surface area (Å²) in [5.41, 5.74) is 1.53. The molecule has 0 bridgehead atoms. The summed E-state index contributed by atoms with van der Waals surface area (Å²) in [5, 5.41) is 17.4. The monoisotopic (exact) mass is 400 g/mol. The van der Waals surface area contributed by atoms with Gasteiger partial charge < -0.3 is 10.6 Å². The van der Waals surface area contributed by atoms with Gasteiger partial charge in [0.25, 0.3) is 0 Å². The second-order valence-corrected chi connectivity index (χ2v) is 6.07. The van der Waals surface area contributed by atoms with Crippen LogP contribution >= 0.6 is 15.9 Å². The highest BCUT2D eigenvalue weighted by Crippen LogP contribution is 2.32. The number of benzene rings is 1. The summed E-state index contributed by atoms with van der Waals surface area (Å²) in [4.78, 5) is 23.1. The molecule has 0 amide bonds. The molecule has 0 saturated heterocycles. The summed E-state index contributed by atoms with van der Waals surface area (Å²) in [6.45, 7) is 1.96. The molecule has 2 heterocycles. The van der Waals surface area contributed by atoms with E-state index in [9.17, 15) is 10.1 Å². The van der Waals surface area contributed by atoms with E-state index in [2.05, 4.69) is 41.5 Å². The lowest BCUT2D eigenvalue weighted by atomic mass is 10.2. The van der Waals surface area contributed by atoms with Gasteiger partial charge in [-0.25, -0.2) is 15.0 Å². The fourth-order valence-electron chi connectivity index (χ4n) is 2.08. The predicted molar refractivity (Wildman–Crippen MR) is 98.4 cm³/mol. The Balaban J connectivity index is 1.94.